The second kappa shape index (κ2) is 9.95. The van der Waals surface area contributed by atoms with Gasteiger partial charge in [-0.25, -0.2) is 8.42 Å². The number of hydrogen-bond acceptors (Lipinski definition) is 6. The van der Waals surface area contributed by atoms with E-state index in [0.717, 1.165) is 23.5 Å². The van der Waals surface area contributed by atoms with E-state index in [-0.39, 0.29) is 34.9 Å². The van der Waals surface area contributed by atoms with Crippen LogP contribution in [0.4, 0.5) is 0 Å². The summed E-state index contributed by atoms with van der Waals surface area (Å²) in [5.74, 6) is -0.00870. The molecule has 1 amide bonds. The molecule has 1 saturated carbocycles. The first-order valence-electron chi connectivity index (χ1n) is 8.78. The van der Waals surface area contributed by atoms with E-state index in [9.17, 15) is 13.2 Å². The topological polar surface area (TPSA) is 113 Å². The van der Waals surface area contributed by atoms with E-state index in [0.29, 0.717) is 19.4 Å². The minimum absolute atomic E-state index is 0.0348. The molecule has 142 valence electrons. The first kappa shape index (κ1) is 20.7. The summed E-state index contributed by atoms with van der Waals surface area (Å²) in [4.78, 5) is 13.5. The van der Waals surface area contributed by atoms with Gasteiger partial charge in [-0.05, 0) is 43.0 Å². The highest BCUT2D eigenvalue weighted by molar-refractivity contribution is 7.99. The molecule has 0 heterocycles. The van der Waals surface area contributed by atoms with Crippen LogP contribution in [0.15, 0.2) is 34.1 Å². The van der Waals surface area contributed by atoms with Gasteiger partial charge in [0.1, 0.15) is 6.54 Å². The average molecular weight is 396 g/mol. The van der Waals surface area contributed by atoms with Crippen molar-refractivity contribution in [2.75, 3.05) is 24.6 Å². The van der Waals surface area contributed by atoms with Gasteiger partial charge in [-0.2, -0.15) is 5.26 Å². The molecule has 1 fully saturated rings. The number of nitrogens with zero attached hydrogens (tertiary/aromatic N) is 1. The third-order valence-corrected chi connectivity index (χ3v) is 7.49. The Hall–Kier alpha value is -1.56. The zero-order valence-electron chi connectivity index (χ0n) is 14.7. The van der Waals surface area contributed by atoms with E-state index in [1.165, 1.54) is 0 Å². The van der Waals surface area contributed by atoms with Gasteiger partial charge in [0.15, 0.2) is 9.84 Å². The number of thioether (sulfide) groups is 1. The van der Waals surface area contributed by atoms with E-state index < -0.39 is 9.84 Å². The van der Waals surface area contributed by atoms with Gasteiger partial charge in [-0.1, -0.05) is 12.8 Å². The molecular formula is C18H25N3O3S2. The lowest BCUT2D eigenvalue weighted by molar-refractivity contribution is -0.127. The summed E-state index contributed by atoms with van der Waals surface area (Å²) in [6.45, 7) is 0.526. The second-order valence-electron chi connectivity index (χ2n) is 6.42. The Kier molecular flexibility index (Phi) is 7.94. The van der Waals surface area contributed by atoms with Gasteiger partial charge < -0.3 is 11.1 Å². The van der Waals surface area contributed by atoms with E-state index in [2.05, 4.69) is 5.32 Å². The van der Waals surface area contributed by atoms with Crippen LogP contribution in [-0.4, -0.2) is 38.9 Å². The van der Waals surface area contributed by atoms with E-state index >= 15 is 0 Å². The van der Waals surface area contributed by atoms with Crippen LogP contribution in [0.3, 0.4) is 0 Å². The molecule has 6 nitrogen and oxygen atoms in total. The molecular weight excluding hydrogens is 370 g/mol. The Labute approximate surface area is 159 Å². The van der Waals surface area contributed by atoms with Crippen LogP contribution in [0.1, 0.15) is 25.7 Å². The van der Waals surface area contributed by atoms with Crippen molar-refractivity contribution in [3.8, 4) is 6.07 Å². The van der Waals surface area contributed by atoms with Gasteiger partial charge in [0.2, 0.25) is 5.91 Å². The monoisotopic (exact) mass is 395 g/mol. The van der Waals surface area contributed by atoms with Crippen molar-refractivity contribution in [2.45, 2.75) is 35.5 Å². The number of nitriles is 1. The van der Waals surface area contributed by atoms with Crippen LogP contribution in [-0.2, 0) is 14.6 Å². The van der Waals surface area contributed by atoms with E-state index in [1.807, 2.05) is 6.07 Å². The zero-order chi connectivity index (χ0) is 19.0. The summed E-state index contributed by atoms with van der Waals surface area (Å²) >= 11 is 1.59. The quantitative estimate of drug-likeness (QED) is 0.514. The molecule has 2 rings (SSSR count). The maximum atomic E-state index is 12.8. The Balaban J connectivity index is 2.08. The number of hydrogen-bond donors (Lipinski definition) is 2. The fourth-order valence-electron chi connectivity index (χ4n) is 3.31. The smallest absolute Gasteiger partial charge is 0.224 e. The predicted octanol–water partition coefficient (Wildman–Crippen LogP) is 1.96. The van der Waals surface area contributed by atoms with Crippen molar-refractivity contribution in [3.63, 3.8) is 0 Å². The molecule has 0 radical (unpaired) electrons. The molecule has 0 unspecified atom stereocenters. The van der Waals surface area contributed by atoms with Gasteiger partial charge in [0.05, 0.1) is 16.7 Å². The summed E-state index contributed by atoms with van der Waals surface area (Å²) < 4.78 is 25.6. The first-order valence-corrected chi connectivity index (χ1v) is 11.4. The highest BCUT2D eigenvalue weighted by Crippen LogP contribution is 2.33. The molecule has 0 aliphatic heterocycles. The van der Waals surface area contributed by atoms with Crippen LogP contribution in [0.25, 0.3) is 0 Å². The highest BCUT2D eigenvalue weighted by atomic mass is 32.2. The van der Waals surface area contributed by atoms with E-state index in [1.54, 1.807) is 36.0 Å². The molecule has 0 saturated heterocycles. The highest BCUT2D eigenvalue weighted by Gasteiger charge is 2.34. The maximum absolute atomic E-state index is 12.8. The van der Waals surface area contributed by atoms with Gasteiger partial charge in [0, 0.05) is 23.1 Å². The van der Waals surface area contributed by atoms with Crippen molar-refractivity contribution < 1.29 is 13.2 Å². The van der Waals surface area contributed by atoms with Crippen LogP contribution in [0.2, 0.25) is 0 Å². The van der Waals surface area contributed by atoms with Gasteiger partial charge >= 0.3 is 0 Å². The lowest BCUT2D eigenvalue weighted by atomic mass is 9.80. The average Bonchev–Trinajstić information content (AvgIpc) is 2.65. The molecule has 0 aromatic heterocycles. The number of nitrogens with two attached hydrogens (primary N) is 1. The number of carbonyl (C=O) groups is 1. The molecule has 26 heavy (non-hydrogen) atoms. The fraction of sp³-hybridized carbons (Fsp3) is 0.556. The Morgan fingerprint density at radius 3 is 2.62 bits per heavy atom. The molecule has 0 bridgehead atoms. The lowest BCUT2D eigenvalue weighted by Crippen LogP contribution is -2.39. The van der Waals surface area contributed by atoms with Crippen molar-refractivity contribution in [3.05, 3.63) is 24.3 Å². The van der Waals surface area contributed by atoms with Crippen LogP contribution in [0, 0.1) is 23.2 Å². The van der Waals surface area contributed by atoms with Crippen LogP contribution < -0.4 is 11.1 Å². The lowest BCUT2D eigenvalue weighted by Gasteiger charge is -2.30. The Morgan fingerprint density at radius 2 is 1.96 bits per heavy atom. The third kappa shape index (κ3) is 5.73. The predicted molar refractivity (Wildman–Crippen MR) is 102 cm³/mol. The molecule has 1 aromatic carbocycles. The molecule has 2 atom stereocenters. The minimum atomic E-state index is -3.46. The first-order chi connectivity index (χ1) is 12.5. The molecule has 8 heteroatoms. The van der Waals surface area contributed by atoms with Crippen molar-refractivity contribution in [1.82, 2.24) is 5.32 Å². The van der Waals surface area contributed by atoms with Crippen molar-refractivity contribution in [1.29, 1.82) is 5.26 Å². The summed E-state index contributed by atoms with van der Waals surface area (Å²) in [6, 6.07) is 8.73. The molecule has 0 spiro atoms. The third-order valence-electron chi connectivity index (χ3n) is 4.59. The molecule has 3 N–H and O–H groups in total. The van der Waals surface area contributed by atoms with Crippen molar-refractivity contribution >= 4 is 27.5 Å². The fourth-order valence-corrected chi connectivity index (χ4v) is 5.70. The number of amides is 1. The van der Waals surface area contributed by atoms with Gasteiger partial charge in [-0.15, -0.1) is 11.8 Å². The number of nitrogens with one attached hydrogen (secondary N) is 1. The summed E-state index contributed by atoms with van der Waals surface area (Å²) in [6.07, 6.45) is 3.23. The normalized spacial score (nSPS) is 20.3. The summed E-state index contributed by atoms with van der Waals surface area (Å²) in [5.41, 5.74) is 5.48. The summed E-state index contributed by atoms with van der Waals surface area (Å²) in [5, 5.41) is 11.2. The zero-order valence-corrected chi connectivity index (χ0v) is 16.3. The number of sulfone groups is 1. The summed E-state index contributed by atoms with van der Waals surface area (Å²) in [7, 11) is -3.46. The van der Waals surface area contributed by atoms with Gasteiger partial charge in [0.25, 0.3) is 0 Å². The number of carbonyl (C=O) groups excluding carboxylic acids is 1. The second-order valence-corrected chi connectivity index (χ2v) is 9.62. The van der Waals surface area contributed by atoms with E-state index in [4.69, 9.17) is 11.0 Å². The van der Waals surface area contributed by atoms with Crippen LogP contribution >= 0.6 is 11.8 Å². The molecule has 1 aromatic rings. The molecule has 1 aliphatic rings. The van der Waals surface area contributed by atoms with Crippen molar-refractivity contribution in [2.24, 2.45) is 17.6 Å². The van der Waals surface area contributed by atoms with Crippen LogP contribution in [0.5, 0.6) is 0 Å². The number of benzene rings is 1. The standard InChI is InChI=1S/C18H25N3O3S2/c19-9-11-21-18(22)17-4-2-1-3-14(17)13-26(23,24)16-7-5-15(6-8-16)25-12-10-20/h5-8,14,17H,1-4,10-13,20H2,(H,21,22)/t14-,17+/m0/s1. The SMILES string of the molecule is N#CCNC(=O)[C@@H]1CCCC[C@H]1CS(=O)(=O)c1ccc(SCCN)cc1. The maximum Gasteiger partial charge on any atom is 0.224 e. The Morgan fingerprint density at radius 1 is 1.27 bits per heavy atom. The minimum Gasteiger partial charge on any atom is -0.343 e. The molecule has 1 aliphatic carbocycles. The Bertz CT molecular complexity index is 742. The largest absolute Gasteiger partial charge is 0.343 e. The van der Waals surface area contributed by atoms with Gasteiger partial charge in [-0.3, -0.25) is 4.79 Å². The number of rotatable bonds is 8.